The molecule has 152 valence electrons. The maximum absolute atomic E-state index is 12.6. The molecule has 4 rings (SSSR count). The summed E-state index contributed by atoms with van der Waals surface area (Å²) in [6.45, 7) is 1.38. The average molecular weight is 392 g/mol. The maximum Gasteiger partial charge on any atom is 0.287 e. The number of ether oxygens (including phenoxy) is 1. The molecule has 2 N–H and O–H groups in total. The number of hydrogen-bond donors (Lipinski definition) is 2. The fourth-order valence-electron chi connectivity index (χ4n) is 3.67. The van der Waals surface area contributed by atoms with Gasteiger partial charge in [-0.15, -0.1) is 0 Å². The van der Waals surface area contributed by atoms with Crippen molar-refractivity contribution in [1.82, 2.24) is 10.6 Å². The molecule has 1 aliphatic carbocycles. The van der Waals surface area contributed by atoms with Gasteiger partial charge in [-0.05, 0) is 48.9 Å². The summed E-state index contributed by atoms with van der Waals surface area (Å²) in [5.41, 5.74) is 3.04. The molecule has 29 heavy (non-hydrogen) atoms. The number of carbonyl (C=O) groups excluding carboxylic acids is 1. The van der Waals surface area contributed by atoms with Crippen molar-refractivity contribution in [3.05, 3.63) is 65.4 Å². The van der Waals surface area contributed by atoms with E-state index >= 15 is 0 Å². The van der Waals surface area contributed by atoms with Gasteiger partial charge in [0.15, 0.2) is 17.1 Å². The average Bonchev–Trinajstić information content (AvgIpc) is 3.16. The third kappa shape index (κ3) is 4.62. The number of hydrogen-bond acceptors (Lipinski definition) is 4. The van der Waals surface area contributed by atoms with Crippen molar-refractivity contribution in [3.63, 3.8) is 0 Å². The van der Waals surface area contributed by atoms with Crippen molar-refractivity contribution in [2.45, 2.75) is 44.7 Å². The molecule has 5 nitrogen and oxygen atoms in total. The lowest BCUT2D eigenvalue weighted by atomic mass is 9.93. The van der Waals surface area contributed by atoms with Gasteiger partial charge in [-0.3, -0.25) is 4.79 Å². The monoisotopic (exact) mass is 392 g/mol. The quantitative estimate of drug-likeness (QED) is 0.528. The summed E-state index contributed by atoms with van der Waals surface area (Å²) in [5.74, 6) is 0.791. The topological polar surface area (TPSA) is 63.5 Å². The predicted molar refractivity (Wildman–Crippen MR) is 114 cm³/mol. The van der Waals surface area contributed by atoms with Crippen LogP contribution in [0.25, 0.3) is 11.0 Å². The van der Waals surface area contributed by atoms with E-state index in [1.54, 1.807) is 7.11 Å². The second kappa shape index (κ2) is 9.14. The largest absolute Gasteiger partial charge is 0.493 e. The molecule has 5 heteroatoms. The minimum Gasteiger partial charge on any atom is -0.493 e. The normalized spacial score (nSPS) is 14.0. The van der Waals surface area contributed by atoms with Crippen LogP contribution < -0.4 is 15.4 Å². The van der Waals surface area contributed by atoms with Gasteiger partial charge in [0, 0.05) is 24.5 Å². The zero-order valence-electron chi connectivity index (χ0n) is 16.9. The molecule has 0 radical (unpaired) electrons. The van der Waals surface area contributed by atoms with E-state index in [1.165, 1.54) is 24.8 Å². The molecule has 0 aliphatic heterocycles. The second-order valence-electron chi connectivity index (χ2n) is 7.63. The standard InChI is InChI=1S/C24H28N2O3/c1-28-21-13-12-18(16-26-19-10-5-11-19)20-15-22(29-23(20)21)24(27)25-14-6-9-17-7-3-2-4-8-17/h2-4,7-8,12-13,15,19,26H,5-6,9-11,14,16H2,1H3,(H,25,27). The van der Waals surface area contributed by atoms with Crippen molar-refractivity contribution in [1.29, 1.82) is 0 Å². The molecular weight excluding hydrogens is 364 g/mol. The summed E-state index contributed by atoms with van der Waals surface area (Å²) in [6.07, 6.45) is 5.60. The fraction of sp³-hybridized carbons (Fsp3) is 0.375. The van der Waals surface area contributed by atoms with E-state index in [1.807, 2.05) is 36.4 Å². The van der Waals surface area contributed by atoms with Crippen LogP contribution in [-0.4, -0.2) is 25.6 Å². The third-order valence-electron chi connectivity index (χ3n) is 5.64. The number of aryl methyl sites for hydroxylation is 1. The maximum atomic E-state index is 12.6. The van der Waals surface area contributed by atoms with E-state index in [9.17, 15) is 4.79 Å². The first kappa shape index (κ1) is 19.5. The Bertz CT molecular complexity index is 961. The van der Waals surface area contributed by atoms with E-state index in [4.69, 9.17) is 9.15 Å². The van der Waals surface area contributed by atoms with Gasteiger partial charge >= 0.3 is 0 Å². The summed E-state index contributed by atoms with van der Waals surface area (Å²) >= 11 is 0. The zero-order chi connectivity index (χ0) is 20.1. The first-order valence-electron chi connectivity index (χ1n) is 10.4. The number of carbonyl (C=O) groups is 1. The van der Waals surface area contributed by atoms with Crippen LogP contribution in [0.1, 0.15) is 47.4 Å². The lowest BCUT2D eigenvalue weighted by Crippen LogP contribution is -2.34. The van der Waals surface area contributed by atoms with Crippen LogP contribution in [0.5, 0.6) is 5.75 Å². The minimum absolute atomic E-state index is 0.186. The Morgan fingerprint density at radius 1 is 1.17 bits per heavy atom. The second-order valence-corrected chi connectivity index (χ2v) is 7.63. The fourth-order valence-corrected chi connectivity index (χ4v) is 3.67. The number of nitrogens with one attached hydrogen (secondary N) is 2. The Morgan fingerprint density at radius 3 is 2.72 bits per heavy atom. The van der Waals surface area contributed by atoms with E-state index in [-0.39, 0.29) is 5.91 Å². The predicted octanol–water partition coefficient (Wildman–Crippen LogP) is 4.45. The Hall–Kier alpha value is -2.79. The molecule has 1 heterocycles. The van der Waals surface area contributed by atoms with Crippen LogP contribution in [0.15, 0.2) is 52.9 Å². The van der Waals surface area contributed by atoms with Crippen LogP contribution in [0.3, 0.4) is 0 Å². The summed E-state index contributed by atoms with van der Waals surface area (Å²) in [7, 11) is 1.62. The van der Waals surface area contributed by atoms with Gasteiger partial charge in [0.05, 0.1) is 7.11 Å². The number of rotatable bonds is 9. The van der Waals surface area contributed by atoms with Crippen LogP contribution >= 0.6 is 0 Å². The summed E-state index contributed by atoms with van der Waals surface area (Å²) in [6, 6.07) is 16.7. The van der Waals surface area contributed by atoms with E-state index in [0.29, 0.717) is 29.7 Å². The smallest absolute Gasteiger partial charge is 0.287 e. The SMILES string of the molecule is COc1ccc(CNC2CCC2)c2cc(C(=O)NCCCc3ccccc3)oc12. The highest BCUT2D eigenvalue weighted by Crippen LogP contribution is 2.32. The number of methoxy groups -OCH3 is 1. The summed E-state index contributed by atoms with van der Waals surface area (Å²) < 4.78 is 11.3. The molecule has 0 saturated heterocycles. The van der Waals surface area contributed by atoms with Gasteiger partial charge in [-0.2, -0.15) is 0 Å². The van der Waals surface area contributed by atoms with Crippen molar-refractivity contribution < 1.29 is 13.9 Å². The van der Waals surface area contributed by atoms with Gasteiger partial charge < -0.3 is 19.8 Å². The van der Waals surface area contributed by atoms with E-state index < -0.39 is 0 Å². The Balaban J connectivity index is 1.41. The van der Waals surface area contributed by atoms with Crippen molar-refractivity contribution >= 4 is 16.9 Å². The Labute approximate surface area is 171 Å². The molecule has 0 unspecified atom stereocenters. The number of amides is 1. The highest BCUT2D eigenvalue weighted by Gasteiger charge is 2.20. The van der Waals surface area contributed by atoms with Crippen molar-refractivity contribution in [2.75, 3.05) is 13.7 Å². The lowest BCUT2D eigenvalue weighted by molar-refractivity contribution is 0.0927. The van der Waals surface area contributed by atoms with E-state index in [2.05, 4.69) is 22.8 Å². The molecule has 1 amide bonds. The van der Waals surface area contributed by atoms with Crippen LogP contribution in [0.2, 0.25) is 0 Å². The van der Waals surface area contributed by atoms with Crippen molar-refractivity contribution in [3.8, 4) is 5.75 Å². The molecule has 1 aromatic heterocycles. The molecule has 2 aromatic carbocycles. The van der Waals surface area contributed by atoms with Crippen LogP contribution in [0, 0.1) is 0 Å². The summed E-state index contributed by atoms with van der Waals surface area (Å²) in [5, 5.41) is 7.48. The third-order valence-corrected chi connectivity index (χ3v) is 5.64. The summed E-state index contributed by atoms with van der Waals surface area (Å²) in [4.78, 5) is 12.6. The lowest BCUT2D eigenvalue weighted by Gasteiger charge is -2.26. The highest BCUT2D eigenvalue weighted by atomic mass is 16.5. The van der Waals surface area contributed by atoms with Gasteiger partial charge in [-0.1, -0.05) is 42.8 Å². The van der Waals surface area contributed by atoms with Gasteiger partial charge in [0.25, 0.3) is 5.91 Å². The molecule has 0 bridgehead atoms. The zero-order valence-corrected chi connectivity index (χ0v) is 16.9. The molecule has 1 aliphatic rings. The van der Waals surface area contributed by atoms with Gasteiger partial charge in [0.1, 0.15) is 0 Å². The van der Waals surface area contributed by atoms with Gasteiger partial charge in [-0.25, -0.2) is 0 Å². The first-order valence-corrected chi connectivity index (χ1v) is 10.4. The van der Waals surface area contributed by atoms with E-state index in [0.717, 1.165) is 30.3 Å². The molecular formula is C24H28N2O3. The number of fused-ring (bicyclic) bond motifs is 1. The Morgan fingerprint density at radius 2 is 2.00 bits per heavy atom. The molecule has 1 fully saturated rings. The Kier molecular flexibility index (Phi) is 6.15. The van der Waals surface area contributed by atoms with Crippen LogP contribution in [-0.2, 0) is 13.0 Å². The van der Waals surface area contributed by atoms with Gasteiger partial charge in [0.2, 0.25) is 0 Å². The number of furan rings is 1. The first-order chi connectivity index (χ1) is 14.2. The van der Waals surface area contributed by atoms with Crippen LogP contribution in [0.4, 0.5) is 0 Å². The molecule has 0 spiro atoms. The molecule has 0 atom stereocenters. The number of benzene rings is 2. The highest BCUT2D eigenvalue weighted by molar-refractivity contribution is 5.98. The van der Waals surface area contributed by atoms with Crippen molar-refractivity contribution in [2.24, 2.45) is 0 Å². The molecule has 1 saturated carbocycles. The molecule has 3 aromatic rings. The minimum atomic E-state index is -0.186.